The van der Waals surface area contributed by atoms with E-state index in [4.69, 9.17) is 0 Å². The van der Waals surface area contributed by atoms with Crippen LogP contribution < -0.4 is 0 Å². The highest BCUT2D eigenvalue weighted by Gasteiger charge is 2.27. The third kappa shape index (κ3) is 7.06. The lowest BCUT2D eigenvalue weighted by molar-refractivity contribution is 0.829. The van der Waals surface area contributed by atoms with Gasteiger partial charge in [0.2, 0.25) is 0 Å². The Bertz CT molecular complexity index is 2180. The number of benzene rings is 5. The fraction of sp³-hybridized carbons (Fsp3) is 0.455. The Morgan fingerprint density at radius 2 is 0.345 bits per heavy atom. The Morgan fingerprint density at radius 3 is 0.527 bits per heavy atom. The fourth-order valence-corrected chi connectivity index (χ4v) is 10.0. The smallest absolute Gasteiger partial charge is 0.00666 e. The van der Waals surface area contributed by atoms with Gasteiger partial charge in [-0.3, -0.25) is 0 Å². The average Bonchev–Trinajstić information content (AvgIpc) is 3.15. The predicted molar refractivity (Wildman–Crippen MR) is 243 cm³/mol. The van der Waals surface area contributed by atoms with Gasteiger partial charge in [-0.25, -0.2) is 0 Å². The van der Waals surface area contributed by atoms with Gasteiger partial charge in [0.15, 0.2) is 0 Å². The van der Waals surface area contributed by atoms with Gasteiger partial charge in [0.05, 0.1) is 0 Å². The molecule has 0 spiro atoms. The molecule has 0 heteroatoms. The summed E-state index contributed by atoms with van der Waals surface area (Å²) >= 11 is 0. The quantitative estimate of drug-likeness (QED) is 0.149. The van der Waals surface area contributed by atoms with Crippen LogP contribution in [0.2, 0.25) is 0 Å². The lowest BCUT2D eigenvalue weighted by Crippen LogP contribution is -2.13. The van der Waals surface area contributed by atoms with Crippen LogP contribution in [-0.4, -0.2) is 0 Å². The van der Waals surface area contributed by atoms with Crippen LogP contribution in [-0.2, 0) is 0 Å². The SMILES string of the molecule is Cc1cc(C(C)c2cc(C(C)c3cc(C(C)c4cc(C(C)c5cc(C)c(C)c(C)c5C)c(C)c(C)c4C)c(C)c(C)c3C)c(C)c(C)c2C)c(C)c(C)c1C. The van der Waals surface area contributed by atoms with E-state index in [0.29, 0.717) is 11.8 Å². The first-order valence-corrected chi connectivity index (χ1v) is 21.0. The largest absolute Gasteiger partial charge is 0.0549 e. The van der Waals surface area contributed by atoms with Crippen molar-refractivity contribution in [3.63, 3.8) is 0 Å². The molecule has 0 bridgehead atoms. The zero-order valence-electron chi connectivity index (χ0n) is 38.7. The Kier molecular flexibility index (Phi) is 12.0. The van der Waals surface area contributed by atoms with Gasteiger partial charge < -0.3 is 0 Å². The summed E-state index contributed by atoms with van der Waals surface area (Å²) in [5, 5.41) is 0. The summed E-state index contributed by atoms with van der Waals surface area (Å²) in [5.74, 6) is 1.18. The lowest BCUT2D eigenvalue weighted by Gasteiger charge is -2.29. The van der Waals surface area contributed by atoms with E-state index in [-0.39, 0.29) is 11.8 Å². The molecule has 5 aromatic rings. The molecule has 0 saturated heterocycles. The van der Waals surface area contributed by atoms with Crippen molar-refractivity contribution >= 4 is 0 Å². The van der Waals surface area contributed by atoms with Gasteiger partial charge in [0, 0.05) is 23.7 Å². The zero-order valence-corrected chi connectivity index (χ0v) is 38.7. The van der Waals surface area contributed by atoms with Crippen molar-refractivity contribution in [2.75, 3.05) is 0 Å². The van der Waals surface area contributed by atoms with E-state index in [0.717, 1.165) is 0 Å². The Morgan fingerprint density at radius 1 is 0.200 bits per heavy atom. The van der Waals surface area contributed by atoms with Gasteiger partial charge in [0.1, 0.15) is 0 Å². The molecular weight excluding hydrogens is 661 g/mol. The lowest BCUT2D eigenvalue weighted by atomic mass is 9.75. The minimum Gasteiger partial charge on any atom is -0.0549 e. The molecule has 0 aromatic heterocycles. The molecule has 0 amide bonds. The number of rotatable bonds is 8. The van der Waals surface area contributed by atoms with Crippen LogP contribution in [0, 0.1) is 118 Å². The van der Waals surface area contributed by atoms with Gasteiger partial charge in [-0.1, -0.05) is 58.0 Å². The molecule has 0 heterocycles. The van der Waals surface area contributed by atoms with Crippen molar-refractivity contribution in [3.8, 4) is 0 Å². The van der Waals surface area contributed by atoms with E-state index >= 15 is 0 Å². The highest BCUT2D eigenvalue weighted by atomic mass is 14.3. The minimum absolute atomic E-state index is 0.269. The summed E-state index contributed by atoms with van der Waals surface area (Å²) in [5.41, 5.74) is 35.9. The van der Waals surface area contributed by atoms with E-state index in [9.17, 15) is 0 Å². The number of aryl methyl sites for hydroxylation is 2. The average molecular weight is 733 g/mol. The first-order valence-electron chi connectivity index (χ1n) is 21.0. The molecule has 5 aromatic carbocycles. The van der Waals surface area contributed by atoms with Crippen LogP contribution in [0.1, 0.15) is 190 Å². The Labute approximate surface area is 337 Å². The van der Waals surface area contributed by atoms with Gasteiger partial charge >= 0.3 is 0 Å². The highest BCUT2D eigenvalue weighted by molar-refractivity contribution is 5.59. The normalized spacial score (nSPS) is 14.0. The molecule has 292 valence electrons. The maximum Gasteiger partial charge on any atom is 0.00666 e. The second-order valence-electron chi connectivity index (χ2n) is 18.0. The van der Waals surface area contributed by atoms with Crippen molar-refractivity contribution in [2.45, 2.75) is 169 Å². The van der Waals surface area contributed by atoms with E-state index < -0.39 is 0 Å². The summed E-state index contributed by atoms with van der Waals surface area (Å²) in [6, 6.07) is 12.6. The molecule has 0 N–H and O–H groups in total. The van der Waals surface area contributed by atoms with Gasteiger partial charge in [-0.15, -0.1) is 0 Å². The summed E-state index contributed by atoms with van der Waals surface area (Å²) < 4.78 is 0. The summed E-state index contributed by atoms with van der Waals surface area (Å²) in [4.78, 5) is 0. The van der Waals surface area contributed by atoms with Crippen LogP contribution in [0.25, 0.3) is 0 Å². The monoisotopic (exact) mass is 733 g/mol. The molecule has 4 atom stereocenters. The molecular formula is C55H72. The first-order chi connectivity index (χ1) is 25.5. The third-order valence-corrected chi connectivity index (χ3v) is 15.7. The molecule has 0 aliphatic heterocycles. The third-order valence-electron chi connectivity index (χ3n) is 15.7. The van der Waals surface area contributed by atoms with Gasteiger partial charge in [0.25, 0.3) is 0 Å². The second kappa shape index (κ2) is 15.6. The standard InChI is InChI=1S/C55H72/c1-27-22-48(36(10)31(5)29(27)3)44(18)50-24-52(40(14)33(7)38(50)12)46(20)54-26-55(43(17)35(9)42(54)16)47(21)53-25-51(39(13)34(8)41(53)15)45(19)49-23-28(2)30(4)32(6)37(49)11/h22-26,44-47H,1-21H3. The van der Waals surface area contributed by atoms with Crippen LogP contribution in [0.5, 0.6) is 0 Å². The molecule has 55 heavy (non-hydrogen) atoms. The van der Waals surface area contributed by atoms with Crippen molar-refractivity contribution < 1.29 is 0 Å². The number of hydrogen-bond donors (Lipinski definition) is 0. The topological polar surface area (TPSA) is 0 Å². The van der Waals surface area contributed by atoms with Crippen LogP contribution in [0.4, 0.5) is 0 Å². The van der Waals surface area contributed by atoms with Crippen LogP contribution in [0.3, 0.4) is 0 Å². The van der Waals surface area contributed by atoms with Crippen LogP contribution >= 0.6 is 0 Å². The maximum absolute atomic E-state index is 2.59. The molecule has 0 nitrogen and oxygen atoms in total. The van der Waals surface area contributed by atoms with E-state index in [1.807, 2.05) is 0 Å². The number of hydrogen-bond acceptors (Lipinski definition) is 0. The van der Waals surface area contributed by atoms with Crippen molar-refractivity contribution in [1.29, 1.82) is 0 Å². The Hall–Kier alpha value is -3.90. The minimum atomic E-state index is 0.269. The molecule has 0 aliphatic carbocycles. The van der Waals surface area contributed by atoms with Gasteiger partial charge in [-0.2, -0.15) is 0 Å². The summed E-state index contributed by atoms with van der Waals surface area (Å²) in [7, 11) is 0. The van der Waals surface area contributed by atoms with Crippen molar-refractivity contribution in [1.82, 2.24) is 0 Å². The van der Waals surface area contributed by atoms with Gasteiger partial charge in [-0.05, 0) is 257 Å². The highest BCUT2D eigenvalue weighted by Crippen LogP contribution is 2.43. The first kappa shape index (κ1) is 42.2. The van der Waals surface area contributed by atoms with E-state index in [1.54, 1.807) is 0 Å². The molecule has 0 saturated carbocycles. The summed E-state index contributed by atoms with van der Waals surface area (Å²) in [6.07, 6.45) is 0. The zero-order chi connectivity index (χ0) is 41.3. The second-order valence-corrected chi connectivity index (χ2v) is 18.0. The molecule has 0 aliphatic rings. The predicted octanol–water partition coefficient (Wildman–Crippen LogP) is 15.5. The summed E-state index contributed by atoms with van der Waals surface area (Å²) in [6.45, 7) is 49.2. The van der Waals surface area contributed by atoms with Crippen molar-refractivity contribution in [3.05, 3.63) is 169 Å². The molecule has 5 rings (SSSR count). The molecule has 4 unspecified atom stereocenters. The van der Waals surface area contributed by atoms with E-state index in [1.165, 1.54) is 139 Å². The fourth-order valence-electron chi connectivity index (χ4n) is 10.0. The van der Waals surface area contributed by atoms with Crippen molar-refractivity contribution in [2.24, 2.45) is 0 Å². The molecule has 0 radical (unpaired) electrons. The van der Waals surface area contributed by atoms with Crippen LogP contribution in [0.15, 0.2) is 30.3 Å². The van der Waals surface area contributed by atoms with E-state index in [2.05, 4.69) is 176 Å². The Balaban J connectivity index is 1.65. The molecule has 0 fully saturated rings. The maximum atomic E-state index is 2.59.